The Morgan fingerprint density at radius 1 is 1.05 bits per heavy atom. The van der Waals surface area contributed by atoms with Gasteiger partial charge in [0.2, 0.25) is 0 Å². The van der Waals surface area contributed by atoms with Gasteiger partial charge < -0.3 is 0 Å². The van der Waals surface area contributed by atoms with Gasteiger partial charge in [-0.2, -0.15) is 0 Å². The summed E-state index contributed by atoms with van der Waals surface area (Å²) in [5, 5.41) is 0. The first kappa shape index (κ1) is 14.7. The number of hydrogen-bond acceptors (Lipinski definition) is 3. The number of nitrogens with zero attached hydrogens (tertiary/aromatic N) is 1. The summed E-state index contributed by atoms with van der Waals surface area (Å²) in [5.74, 6) is 6.25. The molecule has 3 heteroatoms. The number of rotatable bonds is 6. The summed E-state index contributed by atoms with van der Waals surface area (Å²) in [6, 6.07) is 13.1. The third-order valence-electron chi connectivity index (χ3n) is 3.57. The third kappa shape index (κ3) is 4.15. The van der Waals surface area contributed by atoms with Crippen LogP contribution in [0.25, 0.3) is 0 Å². The molecule has 106 valence electrons. The molecule has 0 fully saturated rings. The van der Waals surface area contributed by atoms with Crippen LogP contribution in [0.1, 0.15) is 36.5 Å². The van der Waals surface area contributed by atoms with Gasteiger partial charge in [-0.15, -0.1) is 0 Å². The molecule has 1 aromatic carbocycles. The van der Waals surface area contributed by atoms with Gasteiger partial charge in [0.25, 0.3) is 0 Å². The van der Waals surface area contributed by atoms with Crippen molar-refractivity contribution in [2.24, 2.45) is 5.84 Å². The Morgan fingerprint density at radius 3 is 2.30 bits per heavy atom. The zero-order valence-electron chi connectivity index (χ0n) is 12.2. The Kier molecular flexibility index (Phi) is 5.27. The molecule has 0 bridgehead atoms. The molecule has 1 aromatic heterocycles. The first-order valence-corrected chi connectivity index (χ1v) is 7.13. The fourth-order valence-corrected chi connectivity index (χ4v) is 2.32. The van der Waals surface area contributed by atoms with Crippen molar-refractivity contribution >= 4 is 0 Å². The predicted octanol–water partition coefficient (Wildman–Crippen LogP) is 2.82. The maximum absolute atomic E-state index is 5.68. The number of hydrazine groups is 1. The summed E-state index contributed by atoms with van der Waals surface area (Å²) in [5.41, 5.74) is 6.79. The largest absolute Gasteiger partial charge is 0.271 e. The van der Waals surface area contributed by atoms with E-state index in [1.807, 2.05) is 12.3 Å². The lowest BCUT2D eigenvalue weighted by atomic mass is 9.97. The van der Waals surface area contributed by atoms with Crippen LogP contribution in [0.2, 0.25) is 0 Å². The smallest absolute Gasteiger partial charge is 0.0300 e. The van der Waals surface area contributed by atoms with Crippen LogP contribution in [0.15, 0.2) is 48.8 Å². The van der Waals surface area contributed by atoms with Gasteiger partial charge in [-0.1, -0.05) is 44.2 Å². The van der Waals surface area contributed by atoms with Gasteiger partial charge in [-0.05, 0) is 41.5 Å². The lowest BCUT2D eigenvalue weighted by molar-refractivity contribution is 0.522. The third-order valence-corrected chi connectivity index (χ3v) is 3.57. The molecule has 2 rings (SSSR count). The van der Waals surface area contributed by atoms with Crippen molar-refractivity contribution in [2.45, 2.75) is 38.6 Å². The number of benzene rings is 1. The molecular formula is C17H23N3. The van der Waals surface area contributed by atoms with Crippen LogP contribution < -0.4 is 11.3 Å². The summed E-state index contributed by atoms with van der Waals surface area (Å²) >= 11 is 0. The Bertz CT molecular complexity index is 506. The average Bonchev–Trinajstić information content (AvgIpc) is 2.48. The first-order chi connectivity index (χ1) is 9.69. The minimum absolute atomic E-state index is 0.226. The van der Waals surface area contributed by atoms with Gasteiger partial charge in [-0.3, -0.25) is 16.3 Å². The van der Waals surface area contributed by atoms with Crippen molar-refractivity contribution in [3.05, 3.63) is 65.5 Å². The maximum atomic E-state index is 5.68. The molecule has 0 amide bonds. The van der Waals surface area contributed by atoms with Crippen molar-refractivity contribution in [1.29, 1.82) is 0 Å². The van der Waals surface area contributed by atoms with E-state index in [1.165, 1.54) is 16.7 Å². The highest BCUT2D eigenvalue weighted by Gasteiger charge is 2.09. The molecule has 1 heterocycles. The zero-order valence-corrected chi connectivity index (χ0v) is 12.2. The monoisotopic (exact) mass is 269 g/mol. The van der Waals surface area contributed by atoms with E-state index in [2.05, 4.69) is 54.6 Å². The number of pyridine rings is 1. The number of nitrogens with two attached hydrogens (primary N) is 1. The van der Waals surface area contributed by atoms with Crippen LogP contribution >= 0.6 is 0 Å². The SMILES string of the molecule is CC(C)c1ccc(CC(Cc2cccnc2)NN)cc1. The molecule has 1 unspecified atom stereocenters. The van der Waals surface area contributed by atoms with Crippen LogP contribution in [0.4, 0.5) is 0 Å². The Morgan fingerprint density at radius 2 is 1.75 bits per heavy atom. The highest BCUT2D eigenvalue weighted by atomic mass is 15.2. The van der Waals surface area contributed by atoms with Crippen molar-refractivity contribution in [2.75, 3.05) is 0 Å². The van der Waals surface area contributed by atoms with E-state index >= 15 is 0 Å². The minimum atomic E-state index is 0.226. The molecule has 0 saturated heterocycles. The molecule has 0 spiro atoms. The molecule has 3 nitrogen and oxygen atoms in total. The topological polar surface area (TPSA) is 50.9 Å². The summed E-state index contributed by atoms with van der Waals surface area (Å²) in [7, 11) is 0. The normalized spacial score (nSPS) is 12.6. The van der Waals surface area contributed by atoms with Gasteiger partial charge in [0.15, 0.2) is 0 Å². The molecular weight excluding hydrogens is 246 g/mol. The molecule has 0 aliphatic heterocycles. The van der Waals surface area contributed by atoms with E-state index in [0.717, 1.165) is 12.8 Å². The van der Waals surface area contributed by atoms with E-state index in [4.69, 9.17) is 5.84 Å². The molecule has 0 aliphatic rings. The quantitative estimate of drug-likeness (QED) is 0.626. The Balaban J connectivity index is 1.99. The minimum Gasteiger partial charge on any atom is -0.271 e. The number of aromatic nitrogens is 1. The second-order valence-corrected chi connectivity index (χ2v) is 5.53. The van der Waals surface area contributed by atoms with Gasteiger partial charge in [0, 0.05) is 18.4 Å². The van der Waals surface area contributed by atoms with Crippen molar-refractivity contribution in [3.8, 4) is 0 Å². The van der Waals surface area contributed by atoms with Crippen LogP contribution in [0.3, 0.4) is 0 Å². The fraction of sp³-hybridized carbons (Fsp3) is 0.353. The molecule has 3 N–H and O–H groups in total. The van der Waals surface area contributed by atoms with Crippen molar-refractivity contribution < 1.29 is 0 Å². The highest BCUT2D eigenvalue weighted by molar-refractivity contribution is 5.25. The standard InChI is InChI=1S/C17H23N3/c1-13(2)16-7-5-14(6-8-16)10-17(20-18)11-15-4-3-9-19-12-15/h3-9,12-13,17,20H,10-11,18H2,1-2H3. The fourth-order valence-electron chi connectivity index (χ4n) is 2.32. The van der Waals surface area contributed by atoms with Crippen molar-refractivity contribution in [3.63, 3.8) is 0 Å². The van der Waals surface area contributed by atoms with Crippen LogP contribution in [0.5, 0.6) is 0 Å². The Hall–Kier alpha value is -1.71. The molecule has 0 saturated carbocycles. The zero-order chi connectivity index (χ0) is 14.4. The molecule has 1 atom stereocenters. The van der Waals surface area contributed by atoms with E-state index < -0.39 is 0 Å². The van der Waals surface area contributed by atoms with E-state index in [9.17, 15) is 0 Å². The molecule has 0 aliphatic carbocycles. The van der Waals surface area contributed by atoms with Gasteiger partial charge in [0.05, 0.1) is 0 Å². The molecule has 2 aromatic rings. The summed E-state index contributed by atoms with van der Waals surface area (Å²) < 4.78 is 0. The van der Waals surface area contributed by atoms with Crippen LogP contribution in [0, 0.1) is 0 Å². The van der Waals surface area contributed by atoms with Crippen molar-refractivity contribution in [1.82, 2.24) is 10.4 Å². The van der Waals surface area contributed by atoms with Gasteiger partial charge in [-0.25, -0.2) is 0 Å². The second-order valence-electron chi connectivity index (χ2n) is 5.53. The number of hydrogen-bond donors (Lipinski definition) is 2. The highest BCUT2D eigenvalue weighted by Crippen LogP contribution is 2.16. The van der Waals surface area contributed by atoms with Crippen LogP contribution in [-0.4, -0.2) is 11.0 Å². The summed E-state index contributed by atoms with van der Waals surface area (Å²) in [6.07, 6.45) is 5.49. The second kappa shape index (κ2) is 7.17. The lowest BCUT2D eigenvalue weighted by Crippen LogP contribution is -2.38. The lowest BCUT2D eigenvalue weighted by Gasteiger charge is -2.16. The number of nitrogens with one attached hydrogen (secondary N) is 1. The molecule has 0 radical (unpaired) electrons. The Labute approximate surface area is 121 Å². The van der Waals surface area contributed by atoms with Gasteiger partial charge in [0.1, 0.15) is 0 Å². The van der Waals surface area contributed by atoms with E-state index in [-0.39, 0.29) is 6.04 Å². The maximum Gasteiger partial charge on any atom is 0.0300 e. The van der Waals surface area contributed by atoms with E-state index in [1.54, 1.807) is 6.20 Å². The van der Waals surface area contributed by atoms with Crippen LogP contribution in [-0.2, 0) is 12.8 Å². The predicted molar refractivity (Wildman–Crippen MR) is 83.3 cm³/mol. The first-order valence-electron chi connectivity index (χ1n) is 7.13. The van der Waals surface area contributed by atoms with Gasteiger partial charge >= 0.3 is 0 Å². The summed E-state index contributed by atoms with van der Waals surface area (Å²) in [4.78, 5) is 4.14. The average molecular weight is 269 g/mol. The van der Waals surface area contributed by atoms with E-state index in [0.29, 0.717) is 5.92 Å². The molecule has 20 heavy (non-hydrogen) atoms. The summed E-state index contributed by atoms with van der Waals surface area (Å²) in [6.45, 7) is 4.42.